The van der Waals surface area contributed by atoms with E-state index in [4.69, 9.17) is 4.74 Å². The van der Waals surface area contributed by atoms with E-state index >= 15 is 0 Å². The van der Waals surface area contributed by atoms with Crippen LogP contribution < -0.4 is 10.6 Å². The number of sulfone groups is 1. The fourth-order valence-corrected chi connectivity index (χ4v) is 4.70. The Morgan fingerprint density at radius 1 is 0.946 bits per heavy atom. The molecule has 0 saturated heterocycles. The predicted molar refractivity (Wildman–Crippen MR) is 144 cm³/mol. The van der Waals surface area contributed by atoms with Crippen molar-refractivity contribution < 1.29 is 22.7 Å². The van der Waals surface area contributed by atoms with E-state index in [0.29, 0.717) is 17.7 Å². The van der Waals surface area contributed by atoms with Crippen molar-refractivity contribution in [2.75, 3.05) is 5.75 Å². The molecule has 0 aromatic heterocycles. The normalized spacial score (nSPS) is 12.8. The van der Waals surface area contributed by atoms with Gasteiger partial charge in [-0.1, -0.05) is 57.2 Å². The van der Waals surface area contributed by atoms with Gasteiger partial charge in [0.05, 0.1) is 16.7 Å². The average molecular weight is 528 g/mol. The van der Waals surface area contributed by atoms with Gasteiger partial charge in [-0.3, -0.25) is 4.79 Å². The van der Waals surface area contributed by atoms with Crippen LogP contribution in [0.1, 0.15) is 59.9 Å². The molecule has 200 valence electrons. The number of hydrogen-bond donors (Lipinski definition) is 2. The van der Waals surface area contributed by atoms with Crippen LogP contribution in [-0.4, -0.2) is 43.4 Å². The summed E-state index contributed by atoms with van der Waals surface area (Å²) >= 11 is 0. The summed E-state index contributed by atoms with van der Waals surface area (Å²) in [5.41, 5.74) is 0.720. The zero-order chi connectivity index (χ0) is 27.9. The van der Waals surface area contributed by atoms with Gasteiger partial charge in [0.15, 0.2) is 9.84 Å². The third kappa shape index (κ3) is 8.05. The van der Waals surface area contributed by atoms with Crippen molar-refractivity contribution in [1.29, 1.82) is 5.26 Å². The minimum Gasteiger partial charge on any atom is -0.444 e. The van der Waals surface area contributed by atoms with Crippen LogP contribution in [0.2, 0.25) is 0 Å². The Kier molecular flexibility index (Phi) is 9.87. The van der Waals surface area contributed by atoms with Crippen molar-refractivity contribution in [2.24, 2.45) is 0 Å². The number of alkyl carbamates (subject to hydrolysis) is 1. The highest BCUT2D eigenvalue weighted by molar-refractivity contribution is 7.91. The maximum absolute atomic E-state index is 13.2. The van der Waals surface area contributed by atoms with Crippen LogP contribution in [-0.2, 0) is 25.8 Å². The van der Waals surface area contributed by atoms with E-state index in [1.165, 1.54) is 0 Å². The summed E-state index contributed by atoms with van der Waals surface area (Å²) in [6.07, 6.45) is 0.266. The van der Waals surface area contributed by atoms with E-state index in [1.807, 2.05) is 24.3 Å². The highest BCUT2D eigenvalue weighted by atomic mass is 32.2. The molecule has 0 unspecified atom stereocenters. The lowest BCUT2D eigenvalue weighted by atomic mass is 9.91. The van der Waals surface area contributed by atoms with Crippen molar-refractivity contribution >= 4 is 21.8 Å². The molecule has 9 heteroatoms. The lowest BCUT2D eigenvalue weighted by molar-refractivity contribution is -0.128. The molecule has 2 amide bonds. The van der Waals surface area contributed by atoms with Gasteiger partial charge in [0.25, 0.3) is 0 Å². The van der Waals surface area contributed by atoms with Gasteiger partial charge in [-0.15, -0.1) is 0 Å². The van der Waals surface area contributed by atoms with Crippen LogP contribution in [0.15, 0.2) is 53.4 Å². The molecule has 0 aliphatic rings. The Labute approximate surface area is 220 Å². The van der Waals surface area contributed by atoms with Gasteiger partial charge in [-0.2, -0.15) is 5.26 Å². The number of nitriles is 1. The molecular weight excluding hydrogens is 490 g/mol. The van der Waals surface area contributed by atoms with E-state index in [2.05, 4.69) is 16.7 Å². The molecule has 0 radical (unpaired) electrons. The second-order valence-electron chi connectivity index (χ2n) is 9.90. The first-order valence-corrected chi connectivity index (χ1v) is 14.1. The number of rotatable bonds is 10. The second-order valence-corrected chi connectivity index (χ2v) is 12.2. The zero-order valence-electron chi connectivity index (χ0n) is 22.4. The van der Waals surface area contributed by atoms with Crippen LogP contribution >= 0.6 is 0 Å². The zero-order valence-corrected chi connectivity index (χ0v) is 23.2. The Morgan fingerprint density at radius 2 is 1.46 bits per heavy atom. The molecule has 0 heterocycles. The molecule has 0 spiro atoms. The van der Waals surface area contributed by atoms with Crippen LogP contribution in [0.4, 0.5) is 4.79 Å². The number of ether oxygens (including phenoxy) is 1. The number of nitrogens with one attached hydrogen (secondary N) is 2. The molecule has 0 aliphatic heterocycles. The van der Waals surface area contributed by atoms with Gasteiger partial charge in [0.1, 0.15) is 17.2 Å². The molecule has 2 aromatic carbocycles. The number of nitrogens with zero attached hydrogens (tertiary/aromatic N) is 1. The third-order valence-electron chi connectivity index (χ3n) is 6.16. The third-order valence-corrected chi connectivity index (χ3v) is 7.91. The first-order chi connectivity index (χ1) is 17.3. The Hall–Kier alpha value is -3.38. The van der Waals surface area contributed by atoms with Crippen molar-refractivity contribution in [1.82, 2.24) is 10.6 Å². The Morgan fingerprint density at radius 3 is 1.89 bits per heavy atom. The fourth-order valence-electron chi connectivity index (χ4n) is 3.82. The van der Waals surface area contributed by atoms with Crippen molar-refractivity contribution in [2.45, 2.75) is 82.9 Å². The van der Waals surface area contributed by atoms with E-state index in [0.717, 1.165) is 16.7 Å². The van der Waals surface area contributed by atoms with Gasteiger partial charge >= 0.3 is 6.09 Å². The summed E-state index contributed by atoms with van der Waals surface area (Å²) in [5, 5.41) is 15.2. The fraction of sp³-hybridized carbons (Fsp3) is 0.464. The van der Waals surface area contributed by atoms with Gasteiger partial charge < -0.3 is 15.4 Å². The molecule has 2 rings (SSSR count). The van der Waals surface area contributed by atoms with Crippen molar-refractivity contribution in [3.05, 3.63) is 54.1 Å². The highest BCUT2D eigenvalue weighted by Gasteiger charge is 2.38. The number of benzene rings is 2. The van der Waals surface area contributed by atoms with Crippen LogP contribution in [0.25, 0.3) is 11.1 Å². The van der Waals surface area contributed by atoms with E-state index in [1.54, 1.807) is 65.8 Å². The quantitative estimate of drug-likeness (QED) is 0.458. The average Bonchev–Trinajstić information content (AvgIpc) is 2.86. The molecule has 0 saturated carbocycles. The second kappa shape index (κ2) is 12.2. The standard InChI is InChI=1S/C28H37N3O5S/c1-7-28(8-2,31-26(33)36-27(4,5)6)25(32)30-23(19-29)18-20-10-12-21(13-11-20)22-14-16-24(17-15-22)37(34,35)9-3/h10-17,23H,7-9,18H2,1-6H3,(H,30,32)(H,31,33)/t23-/m0/s1. The molecule has 2 aromatic rings. The van der Waals surface area contributed by atoms with Gasteiger partial charge in [0.2, 0.25) is 5.91 Å². The van der Waals surface area contributed by atoms with Gasteiger partial charge in [0, 0.05) is 6.42 Å². The Balaban J connectivity index is 2.11. The van der Waals surface area contributed by atoms with Crippen molar-refractivity contribution in [3.63, 3.8) is 0 Å². The topological polar surface area (TPSA) is 125 Å². The summed E-state index contributed by atoms with van der Waals surface area (Å²) in [5.74, 6) is -0.388. The minimum atomic E-state index is -3.26. The molecule has 1 atom stereocenters. The lowest BCUT2D eigenvalue weighted by Gasteiger charge is -2.33. The van der Waals surface area contributed by atoms with Crippen molar-refractivity contribution in [3.8, 4) is 17.2 Å². The minimum absolute atomic E-state index is 0.0480. The largest absolute Gasteiger partial charge is 0.444 e. The van der Waals surface area contributed by atoms with Crippen LogP contribution in [0, 0.1) is 11.3 Å². The number of amides is 2. The van der Waals surface area contributed by atoms with E-state index in [-0.39, 0.29) is 12.2 Å². The predicted octanol–water partition coefficient (Wildman–Crippen LogP) is 4.78. The maximum Gasteiger partial charge on any atom is 0.408 e. The smallest absolute Gasteiger partial charge is 0.408 e. The maximum atomic E-state index is 13.2. The first kappa shape index (κ1) is 29.8. The molecule has 0 bridgehead atoms. The monoisotopic (exact) mass is 527 g/mol. The lowest BCUT2D eigenvalue weighted by Crippen LogP contribution is -2.60. The number of hydrogen-bond acceptors (Lipinski definition) is 6. The molecule has 37 heavy (non-hydrogen) atoms. The summed E-state index contributed by atoms with van der Waals surface area (Å²) in [6.45, 7) is 10.4. The number of carbonyl (C=O) groups is 2. The van der Waals surface area contributed by atoms with Crippen LogP contribution in [0.5, 0.6) is 0 Å². The van der Waals surface area contributed by atoms with Crippen LogP contribution in [0.3, 0.4) is 0 Å². The summed E-state index contributed by atoms with van der Waals surface area (Å²) in [4.78, 5) is 25.8. The first-order valence-electron chi connectivity index (χ1n) is 12.4. The molecular formula is C28H37N3O5S. The summed E-state index contributed by atoms with van der Waals surface area (Å²) in [7, 11) is -3.26. The van der Waals surface area contributed by atoms with Gasteiger partial charge in [-0.25, -0.2) is 13.2 Å². The number of carbonyl (C=O) groups excluding carboxylic acids is 2. The molecule has 0 fully saturated rings. The van der Waals surface area contributed by atoms with Gasteiger partial charge in [-0.05, 0) is 62.4 Å². The molecule has 8 nitrogen and oxygen atoms in total. The molecule has 0 aliphatic carbocycles. The van der Waals surface area contributed by atoms with E-state index < -0.39 is 39.0 Å². The Bertz CT molecular complexity index is 1220. The van der Waals surface area contributed by atoms with E-state index in [9.17, 15) is 23.3 Å². The highest BCUT2D eigenvalue weighted by Crippen LogP contribution is 2.23. The summed E-state index contributed by atoms with van der Waals surface area (Å²) in [6, 6.07) is 15.6. The molecule has 2 N–H and O–H groups in total. The summed E-state index contributed by atoms with van der Waals surface area (Å²) < 4.78 is 29.4. The SMILES string of the molecule is CCC(CC)(NC(=O)OC(C)(C)C)C(=O)N[C@H](C#N)Cc1ccc(-c2ccc(S(=O)(=O)CC)cc2)cc1.